The molecule has 0 aliphatic heterocycles. The zero-order valence-corrected chi connectivity index (χ0v) is 9.79. The van der Waals surface area contributed by atoms with Gasteiger partial charge in [-0.25, -0.2) is 4.98 Å². The van der Waals surface area contributed by atoms with Crippen molar-refractivity contribution in [3.05, 3.63) is 53.5 Å². The summed E-state index contributed by atoms with van der Waals surface area (Å²) in [4.78, 5) is 4.45. The SMILES string of the molecule is Cc1cc(-c2ccccc2)c2ncsc2c1. The molecule has 0 N–H and O–H groups in total. The second-order valence-corrected chi connectivity index (χ2v) is 4.76. The Balaban J connectivity index is 2.34. The molecule has 0 aliphatic rings. The van der Waals surface area contributed by atoms with Gasteiger partial charge in [0.15, 0.2) is 0 Å². The standard InChI is InChI=1S/C14H11NS/c1-10-7-12(11-5-3-2-4-6-11)14-13(8-10)16-9-15-14/h2-9H,1H3. The van der Waals surface area contributed by atoms with Crippen LogP contribution in [0.15, 0.2) is 48.0 Å². The number of hydrogen-bond acceptors (Lipinski definition) is 2. The van der Waals surface area contributed by atoms with Gasteiger partial charge in [0.1, 0.15) is 0 Å². The summed E-state index contributed by atoms with van der Waals surface area (Å²) in [5.41, 5.74) is 6.78. The largest absolute Gasteiger partial charge is 0.244 e. The lowest BCUT2D eigenvalue weighted by molar-refractivity contribution is 1.46. The Morgan fingerprint density at radius 1 is 1.06 bits per heavy atom. The molecule has 0 radical (unpaired) electrons. The van der Waals surface area contributed by atoms with Crippen LogP contribution < -0.4 is 0 Å². The van der Waals surface area contributed by atoms with Crippen LogP contribution in [0.25, 0.3) is 21.3 Å². The Morgan fingerprint density at radius 3 is 2.69 bits per heavy atom. The molecule has 1 aromatic heterocycles. The summed E-state index contributed by atoms with van der Waals surface area (Å²) >= 11 is 1.70. The van der Waals surface area contributed by atoms with Crippen molar-refractivity contribution >= 4 is 21.6 Å². The zero-order valence-electron chi connectivity index (χ0n) is 8.97. The van der Waals surface area contributed by atoms with Crippen molar-refractivity contribution in [2.45, 2.75) is 6.92 Å². The number of aromatic nitrogens is 1. The molecule has 0 fully saturated rings. The summed E-state index contributed by atoms with van der Waals surface area (Å²) in [7, 11) is 0. The number of aryl methyl sites for hydroxylation is 1. The van der Waals surface area contributed by atoms with Crippen LogP contribution in [0.3, 0.4) is 0 Å². The molecule has 1 heterocycles. The Kier molecular flexibility index (Phi) is 2.22. The summed E-state index contributed by atoms with van der Waals surface area (Å²) < 4.78 is 1.26. The molecule has 0 saturated carbocycles. The van der Waals surface area contributed by atoms with Crippen molar-refractivity contribution in [2.75, 3.05) is 0 Å². The Hall–Kier alpha value is -1.67. The summed E-state index contributed by atoms with van der Waals surface area (Å²) in [5, 5.41) is 0. The highest BCUT2D eigenvalue weighted by Crippen LogP contribution is 2.30. The van der Waals surface area contributed by atoms with Crippen molar-refractivity contribution in [3.63, 3.8) is 0 Å². The van der Waals surface area contributed by atoms with Gasteiger partial charge in [0, 0.05) is 5.56 Å². The lowest BCUT2D eigenvalue weighted by Crippen LogP contribution is -1.82. The topological polar surface area (TPSA) is 12.9 Å². The van der Waals surface area contributed by atoms with Crippen molar-refractivity contribution in [1.29, 1.82) is 0 Å². The van der Waals surface area contributed by atoms with Crippen LogP contribution in [-0.4, -0.2) is 4.98 Å². The van der Waals surface area contributed by atoms with Crippen molar-refractivity contribution in [1.82, 2.24) is 4.98 Å². The molecule has 0 atom stereocenters. The van der Waals surface area contributed by atoms with E-state index >= 15 is 0 Å². The summed E-state index contributed by atoms with van der Waals surface area (Å²) in [6.45, 7) is 2.13. The smallest absolute Gasteiger partial charge is 0.0890 e. The molecule has 1 nitrogen and oxygen atoms in total. The minimum atomic E-state index is 1.11. The van der Waals surface area contributed by atoms with Crippen LogP contribution in [0.1, 0.15) is 5.56 Å². The van der Waals surface area contributed by atoms with Gasteiger partial charge in [-0.05, 0) is 30.2 Å². The molecular formula is C14H11NS. The van der Waals surface area contributed by atoms with Crippen molar-refractivity contribution < 1.29 is 0 Å². The van der Waals surface area contributed by atoms with Crippen LogP contribution in [-0.2, 0) is 0 Å². The highest BCUT2D eigenvalue weighted by Gasteiger charge is 2.06. The fourth-order valence-electron chi connectivity index (χ4n) is 1.94. The quantitative estimate of drug-likeness (QED) is 0.602. The maximum atomic E-state index is 4.45. The van der Waals surface area contributed by atoms with Gasteiger partial charge in [-0.2, -0.15) is 0 Å². The minimum Gasteiger partial charge on any atom is -0.244 e. The molecule has 0 spiro atoms. The van der Waals surface area contributed by atoms with Gasteiger partial charge in [0.05, 0.1) is 15.7 Å². The van der Waals surface area contributed by atoms with E-state index in [1.54, 1.807) is 11.3 Å². The third-order valence-electron chi connectivity index (χ3n) is 2.67. The van der Waals surface area contributed by atoms with E-state index in [-0.39, 0.29) is 0 Å². The van der Waals surface area contributed by atoms with Crippen LogP contribution >= 0.6 is 11.3 Å². The molecule has 3 rings (SSSR count). The first-order valence-electron chi connectivity index (χ1n) is 5.24. The molecule has 2 aromatic carbocycles. The fraction of sp³-hybridized carbons (Fsp3) is 0.0714. The summed E-state index contributed by atoms with van der Waals surface area (Å²) in [6, 6.07) is 14.8. The molecule has 0 saturated heterocycles. The van der Waals surface area contributed by atoms with Gasteiger partial charge >= 0.3 is 0 Å². The van der Waals surface area contributed by atoms with E-state index in [2.05, 4.69) is 48.3 Å². The number of fused-ring (bicyclic) bond motifs is 1. The fourth-order valence-corrected chi connectivity index (χ4v) is 2.74. The van der Waals surface area contributed by atoms with Gasteiger partial charge in [-0.1, -0.05) is 30.3 Å². The molecule has 3 aromatic rings. The van der Waals surface area contributed by atoms with E-state index in [9.17, 15) is 0 Å². The van der Waals surface area contributed by atoms with Gasteiger partial charge < -0.3 is 0 Å². The second kappa shape index (κ2) is 3.72. The molecule has 0 amide bonds. The maximum Gasteiger partial charge on any atom is 0.0890 e. The van der Waals surface area contributed by atoms with Crippen molar-refractivity contribution in [3.8, 4) is 11.1 Å². The Labute approximate surface area is 98.4 Å². The number of rotatable bonds is 1. The number of benzene rings is 2. The van der Waals surface area contributed by atoms with E-state index in [1.165, 1.54) is 21.4 Å². The van der Waals surface area contributed by atoms with Crippen LogP contribution in [0.4, 0.5) is 0 Å². The maximum absolute atomic E-state index is 4.45. The lowest BCUT2D eigenvalue weighted by atomic mass is 10.0. The van der Waals surface area contributed by atoms with Crippen molar-refractivity contribution in [2.24, 2.45) is 0 Å². The second-order valence-electron chi connectivity index (χ2n) is 3.88. The van der Waals surface area contributed by atoms with Gasteiger partial charge in [0.2, 0.25) is 0 Å². The van der Waals surface area contributed by atoms with E-state index in [1.807, 2.05) is 11.6 Å². The number of nitrogens with zero attached hydrogens (tertiary/aromatic N) is 1. The molecule has 2 heteroatoms. The first-order chi connectivity index (χ1) is 7.84. The molecule has 0 bridgehead atoms. The van der Waals surface area contributed by atoms with Gasteiger partial charge in [-0.15, -0.1) is 11.3 Å². The normalized spacial score (nSPS) is 10.8. The van der Waals surface area contributed by atoms with Crippen LogP contribution in [0.5, 0.6) is 0 Å². The van der Waals surface area contributed by atoms with E-state index in [0.29, 0.717) is 0 Å². The average Bonchev–Trinajstić information content (AvgIpc) is 2.77. The summed E-state index contributed by atoms with van der Waals surface area (Å²) in [6.07, 6.45) is 0. The molecule has 78 valence electrons. The van der Waals surface area contributed by atoms with Crippen LogP contribution in [0.2, 0.25) is 0 Å². The predicted octanol–water partition coefficient (Wildman–Crippen LogP) is 4.27. The monoisotopic (exact) mass is 225 g/mol. The lowest BCUT2D eigenvalue weighted by Gasteiger charge is -2.04. The predicted molar refractivity (Wildman–Crippen MR) is 69.8 cm³/mol. The summed E-state index contributed by atoms with van der Waals surface area (Å²) in [5.74, 6) is 0. The van der Waals surface area contributed by atoms with Crippen LogP contribution in [0, 0.1) is 6.92 Å². The molecule has 16 heavy (non-hydrogen) atoms. The third-order valence-corrected chi connectivity index (χ3v) is 3.44. The van der Waals surface area contributed by atoms with E-state index < -0.39 is 0 Å². The van der Waals surface area contributed by atoms with Gasteiger partial charge in [0.25, 0.3) is 0 Å². The van der Waals surface area contributed by atoms with Gasteiger partial charge in [-0.3, -0.25) is 0 Å². The first kappa shape index (κ1) is 9.55. The highest BCUT2D eigenvalue weighted by molar-refractivity contribution is 7.16. The molecule has 0 aliphatic carbocycles. The van der Waals surface area contributed by atoms with E-state index in [0.717, 1.165) is 5.52 Å². The number of thiazole rings is 1. The average molecular weight is 225 g/mol. The highest BCUT2D eigenvalue weighted by atomic mass is 32.1. The third kappa shape index (κ3) is 1.51. The minimum absolute atomic E-state index is 1.11. The Morgan fingerprint density at radius 2 is 1.88 bits per heavy atom. The zero-order chi connectivity index (χ0) is 11.0. The first-order valence-corrected chi connectivity index (χ1v) is 6.12. The number of hydrogen-bond donors (Lipinski definition) is 0. The molecule has 0 unspecified atom stereocenters. The van der Waals surface area contributed by atoms with E-state index in [4.69, 9.17) is 0 Å². The molecular weight excluding hydrogens is 214 g/mol. The Bertz CT molecular complexity index is 626.